The fourth-order valence-corrected chi connectivity index (χ4v) is 1.20. The molecule has 0 spiro atoms. The third kappa shape index (κ3) is 0.835. The summed E-state index contributed by atoms with van der Waals surface area (Å²) >= 11 is 5.89. The number of halogens is 1. The number of allylic oxidation sites excluding steroid dienone is 4. The summed E-state index contributed by atoms with van der Waals surface area (Å²) in [5.41, 5.74) is 1.08. The quantitative estimate of drug-likeness (QED) is 0.516. The molecule has 0 fully saturated rings. The average Bonchev–Trinajstić information content (AvgIpc) is 2.53. The summed E-state index contributed by atoms with van der Waals surface area (Å²) in [7, 11) is 0. The maximum absolute atomic E-state index is 6.79. The first-order valence-corrected chi connectivity index (χ1v) is 3.61. The van der Waals surface area contributed by atoms with Crippen molar-refractivity contribution >= 4 is 17.8 Å². The number of hydrazone groups is 1. The van der Waals surface area contributed by atoms with Crippen molar-refractivity contribution in [1.82, 2.24) is 5.01 Å². The van der Waals surface area contributed by atoms with E-state index in [4.69, 9.17) is 18.2 Å². The van der Waals surface area contributed by atoms with Crippen molar-refractivity contribution in [2.75, 3.05) is 0 Å². The van der Waals surface area contributed by atoms with Crippen LogP contribution < -0.4 is 0 Å². The van der Waals surface area contributed by atoms with Gasteiger partial charge in [0.15, 0.2) is 17.3 Å². The molecular formula is C8H3ClN3+. The fraction of sp³-hybridized carbons (Fsp3) is 0. The van der Waals surface area contributed by atoms with Gasteiger partial charge in [-0.1, -0.05) is 11.6 Å². The Morgan fingerprint density at radius 3 is 3.25 bits per heavy atom. The highest BCUT2D eigenvalue weighted by Gasteiger charge is 2.29. The first-order valence-electron chi connectivity index (χ1n) is 3.23. The van der Waals surface area contributed by atoms with E-state index in [0.29, 0.717) is 16.4 Å². The lowest BCUT2D eigenvalue weighted by atomic mass is 10.3. The lowest BCUT2D eigenvalue weighted by Gasteiger charge is -2.09. The maximum atomic E-state index is 6.79. The van der Waals surface area contributed by atoms with Crippen LogP contribution in [0, 0.1) is 12.6 Å². The van der Waals surface area contributed by atoms with Gasteiger partial charge < -0.3 is 0 Å². The van der Waals surface area contributed by atoms with E-state index >= 15 is 0 Å². The molecule has 0 aromatic carbocycles. The molecule has 0 unspecified atom stereocenters. The Morgan fingerprint density at radius 1 is 1.67 bits per heavy atom. The predicted molar refractivity (Wildman–Crippen MR) is 45.7 cm³/mol. The van der Waals surface area contributed by atoms with Gasteiger partial charge in [-0.05, 0) is 0 Å². The Hall–Kier alpha value is -1.62. The highest BCUT2D eigenvalue weighted by atomic mass is 35.5. The number of hydrogen-bond acceptors (Lipinski definition) is 2. The minimum Gasteiger partial charge on any atom is -0.233 e. The topological polar surface area (TPSA) is 20.0 Å². The Kier molecular flexibility index (Phi) is 1.44. The van der Waals surface area contributed by atoms with Gasteiger partial charge in [-0.2, -0.15) is 5.10 Å². The third-order valence-electron chi connectivity index (χ3n) is 1.54. The summed E-state index contributed by atoms with van der Waals surface area (Å²) in [6.45, 7) is 6.79. The van der Waals surface area contributed by atoms with Gasteiger partial charge in [-0.15, -0.1) is 5.01 Å². The van der Waals surface area contributed by atoms with E-state index in [1.807, 2.05) is 0 Å². The summed E-state index contributed by atoms with van der Waals surface area (Å²) in [5, 5.41) is 5.97. The second-order valence-electron chi connectivity index (χ2n) is 2.23. The molecular weight excluding hydrogens is 174 g/mol. The SMILES string of the molecule is [C-]#[N+]C1=C(Cl)C2=C[C+]=CN2N=C1. The zero-order valence-corrected chi connectivity index (χ0v) is 6.71. The first-order chi connectivity index (χ1) is 5.83. The molecule has 0 aromatic rings. The molecule has 0 aromatic heterocycles. The number of hydrogen-bond donors (Lipinski definition) is 0. The van der Waals surface area contributed by atoms with Crippen LogP contribution in [0.5, 0.6) is 0 Å². The van der Waals surface area contributed by atoms with Gasteiger partial charge >= 0.3 is 0 Å². The van der Waals surface area contributed by atoms with E-state index in [0.717, 1.165) is 0 Å². The molecule has 56 valence electrons. The standard InChI is InChI=1S/C8H3ClN3/c1-10-6-5-11-12-4-2-3-7(12)8(6)9/h3-5H/q+1. The lowest BCUT2D eigenvalue weighted by Crippen LogP contribution is -2.12. The Labute approximate surface area is 74.7 Å². The van der Waals surface area contributed by atoms with Crippen LogP contribution >= 0.6 is 11.6 Å². The first kappa shape index (κ1) is 7.05. The van der Waals surface area contributed by atoms with E-state index in [1.54, 1.807) is 17.3 Å². The molecule has 4 heteroatoms. The number of nitrogens with zero attached hydrogens (tertiary/aromatic N) is 3. The highest BCUT2D eigenvalue weighted by molar-refractivity contribution is 6.34. The monoisotopic (exact) mass is 176 g/mol. The van der Waals surface area contributed by atoms with E-state index in [-0.39, 0.29) is 0 Å². The van der Waals surface area contributed by atoms with Crippen LogP contribution in [0.25, 0.3) is 4.85 Å². The van der Waals surface area contributed by atoms with Crippen LogP contribution in [0.1, 0.15) is 0 Å². The molecule has 0 N–H and O–H groups in total. The molecule has 2 rings (SSSR count). The van der Waals surface area contributed by atoms with Gasteiger partial charge in [0.2, 0.25) is 11.4 Å². The highest BCUT2D eigenvalue weighted by Crippen LogP contribution is 2.29. The van der Waals surface area contributed by atoms with Crippen molar-refractivity contribution in [3.8, 4) is 0 Å². The van der Waals surface area contributed by atoms with Crippen LogP contribution in [0.3, 0.4) is 0 Å². The van der Waals surface area contributed by atoms with Crippen molar-refractivity contribution in [2.45, 2.75) is 0 Å². The Balaban J connectivity index is 2.50. The molecule has 0 atom stereocenters. The van der Waals surface area contributed by atoms with Crippen LogP contribution in [0.4, 0.5) is 0 Å². The van der Waals surface area contributed by atoms with E-state index in [1.165, 1.54) is 6.21 Å². The zero-order valence-electron chi connectivity index (χ0n) is 5.95. The van der Waals surface area contributed by atoms with Crippen molar-refractivity contribution < 1.29 is 0 Å². The molecule has 0 radical (unpaired) electrons. The van der Waals surface area contributed by atoms with Gasteiger partial charge in [-0.3, -0.25) is 0 Å². The summed E-state index contributed by atoms with van der Waals surface area (Å²) in [6, 6.07) is 0. The predicted octanol–water partition coefficient (Wildman–Crippen LogP) is 1.87. The minimum absolute atomic E-state index is 0.372. The number of rotatable bonds is 0. The molecule has 0 amide bonds. The molecule has 0 saturated heterocycles. The summed E-state index contributed by atoms with van der Waals surface area (Å²) in [6.07, 6.45) is 7.64. The normalized spacial score (nSPS) is 18.7. The molecule has 0 bridgehead atoms. The lowest BCUT2D eigenvalue weighted by molar-refractivity contribution is 0.520. The van der Waals surface area contributed by atoms with Crippen LogP contribution in [-0.2, 0) is 0 Å². The molecule has 12 heavy (non-hydrogen) atoms. The molecule has 0 aliphatic carbocycles. The fourth-order valence-electron chi connectivity index (χ4n) is 0.965. The summed E-state index contributed by atoms with van der Waals surface area (Å²) in [4.78, 5) is 3.23. The zero-order chi connectivity index (χ0) is 8.55. The van der Waals surface area contributed by atoms with Crippen LogP contribution in [-0.4, -0.2) is 11.2 Å². The van der Waals surface area contributed by atoms with Gasteiger partial charge in [0.25, 0.3) is 0 Å². The van der Waals surface area contributed by atoms with Gasteiger partial charge in [0, 0.05) is 0 Å². The van der Waals surface area contributed by atoms with E-state index in [2.05, 4.69) is 16.0 Å². The van der Waals surface area contributed by atoms with Crippen molar-refractivity contribution in [1.29, 1.82) is 0 Å². The average molecular weight is 177 g/mol. The molecule has 2 aliphatic heterocycles. The molecule has 3 nitrogen and oxygen atoms in total. The van der Waals surface area contributed by atoms with Gasteiger partial charge in [0.05, 0.1) is 12.8 Å². The van der Waals surface area contributed by atoms with Crippen LogP contribution in [0.15, 0.2) is 33.8 Å². The van der Waals surface area contributed by atoms with Crippen molar-refractivity contribution in [3.05, 3.63) is 46.2 Å². The molecule has 2 aliphatic rings. The smallest absolute Gasteiger partial charge is 0.233 e. The second kappa shape index (κ2) is 2.46. The van der Waals surface area contributed by atoms with Crippen molar-refractivity contribution in [2.24, 2.45) is 5.10 Å². The Bertz CT molecular complexity index is 382. The molecule has 0 saturated carbocycles. The maximum Gasteiger partial charge on any atom is 0.247 e. The largest absolute Gasteiger partial charge is 0.247 e. The number of fused-ring (bicyclic) bond motifs is 1. The van der Waals surface area contributed by atoms with Gasteiger partial charge in [0.1, 0.15) is 6.08 Å². The summed E-state index contributed by atoms with van der Waals surface area (Å²) in [5.74, 6) is 0. The van der Waals surface area contributed by atoms with Gasteiger partial charge in [-0.25, -0.2) is 4.85 Å². The van der Waals surface area contributed by atoms with E-state index in [9.17, 15) is 0 Å². The molecule has 2 heterocycles. The van der Waals surface area contributed by atoms with Crippen LogP contribution in [0.2, 0.25) is 0 Å². The van der Waals surface area contributed by atoms with E-state index < -0.39 is 0 Å². The Morgan fingerprint density at radius 2 is 2.50 bits per heavy atom. The minimum atomic E-state index is 0.372. The van der Waals surface area contributed by atoms with Crippen molar-refractivity contribution in [3.63, 3.8) is 0 Å². The third-order valence-corrected chi connectivity index (χ3v) is 1.93. The second-order valence-corrected chi connectivity index (χ2v) is 2.60. The summed E-state index contributed by atoms with van der Waals surface area (Å²) < 4.78 is 0.